The molecule has 7 heteroatoms. The van der Waals surface area contributed by atoms with Gasteiger partial charge in [0, 0.05) is 12.3 Å². The Morgan fingerprint density at radius 3 is 2.48 bits per heavy atom. The number of amides is 1. The number of benzene rings is 1. The first kappa shape index (κ1) is 13.3. The fourth-order valence-electron chi connectivity index (χ4n) is 2.23. The Labute approximate surface area is 116 Å². The number of anilines is 1. The van der Waals surface area contributed by atoms with Crippen molar-refractivity contribution in [1.82, 2.24) is 4.98 Å². The number of rotatable bonds is 2. The lowest BCUT2D eigenvalue weighted by Crippen LogP contribution is -2.29. The maximum absolute atomic E-state index is 13.9. The van der Waals surface area contributed by atoms with E-state index in [1.54, 1.807) is 0 Å². The van der Waals surface area contributed by atoms with Crippen LogP contribution in [0.2, 0.25) is 0 Å². The van der Waals surface area contributed by atoms with E-state index in [-0.39, 0.29) is 23.4 Å². The van der Waals surface area contributed by atoms with Crippen LogP contribution in [-0.2, 0) is 11.3 Å². The molecule has 1 aromatic heterocycles. The van der Waals surface area contributed by atoms with Crippen LogP contribution in [-0.4, -0.2) is 16.7 Å². The molecule has 21 heavy (non-hydrogen) atoms. The lowest BCUT2D eigenvalue weighted by molar-refractivity contribution is -0.114. The van der Waals surface area contributed by atoms with E-state index >= 15 is 0 Å². The minimum absolute atomic E-state index is 0.231. The number of carbonyl (C=O) groups excluding carboxylic acids is 2. The SMILES string of the molecule is O=C1C(=O)N(Cc2cncc(F)c2)c2c(F)cc(F)cc21. The lowest BCUT2D eigenvalue weighted by atomic mass is 10.1. The highest BCUT2D eigenvalue weighted by Gasteiger charge is 2.38. The summed E-state index contributed by atoms with van der Waals surface area (Å²) >= 11 is 0. The molecule has 0 atom stereocenters. The minimum atomic E-state index is -1.02. The summed E-state index contributed by atoms with van der Waals surface area (Å²) in [4.78, 5) is 28.1. The van der Waals surface area contributed by atoms with Crippen molar-refractivity contribution in [2.75, 3.05) is 4.90 Å². The molecule has 106 valence electrons. The van der Waals surface area contributed by atoms with Crippen LogP contribution in [0.4, 0.5) is 18.9 Å². The molecule has 1 amide bonds. The second-order valence-corrected chi connectivity index (χ2v) is 4.52. The molecule has 0 bridgehead atoms. The third-order valence-corrected chi connectivity index (χ3v) is 3.08. The van der Waals surface area contributed by atoms with Crippen molar-refractivity contribution in [2.45, 2.75) is 6.54 Å². The Morgan fingerprint density at radius 1 is 1.00 bits per heavy atom. The highest BCUT2D eigenvalue weighted by atomic mass is 19.1. The summed E-state index contributed by atoms with van der Waals surface area (Å²) in [5, 5.41) is 0. The van der Waals surface area contributed by atoms with Crippen LogP contribution in [0.3, 0.4) is 0 Å². The predicted molar refractivity (Wildman–Crippen MR) is 66.1 cm³/mol. The number of Topliss-reactive ketones (excluding diaryl/α,β-unsaturated/α-hetero) is 1. The molecule has 2 aromatic rings. The Hall–Kier alpha value is -2.70. The van der Waals surface area contributed by atoms with Gasteiger partial charge in [0.2, 0.25) is 0 Å². The maximum Gasteiger partial charge on any atom is 0.299 e. The first-order chi connectivity index (χ1) is 9.97. The van der Waals surface area contributed by atoms with Gasteiger partial charge in [-0.25, -0.2) is 13.2 Å². The van der Waals surface area contributed by atoms with Crippen molar-refractivity contribution in [3.05, 3.63) is 59.2 Å². The number of fused-ring (bicyclic) bond motifs is 1. The molecule has 2 heterocycles. The van der Waals surface area contributed by atoms with E-state index in [2.05, 4.69) is 4.98 Å². The summed E-state index contributed by atoms with van der Waals surface area (Å²) in [6.07, 6.45) is 2.27. The van der Waals surface area contributed by atoms with Crippen LogP contribution < -0.4 is 4.90 Å². The monoisotopic (exact) mass is 292 g/mol. The molecule has 0 N–H and O–H groups in total. The van der Waals surface area contributed by atoms with E-state index in [0.29, 0.717) is 6.07 Å². The van der Waals surface area contributed by atoms with E-state index in [1.807, 2.05) is 0 Å². The molecular weight excluding hydrogens is 285 g/mol. The van der Waals surface area contributed by atoms with E-state index < -0.39 is 29.1 Å². The number of ketones is 1. The van der Waals surface area contributed by atoms with Crippen LogP contribution in [0, 0.1) is 17.5 Å². The van der Waals surface area contributed by atoms with E-state index in [0.717, 1.165) is 23.2 Å². The van der Waals surface area contributed by atoms with Gasteiger partial charge in [0.05, 0.1) is 24.0 Å². The van der Waals surface area contributed by atoms with Crippen molar-refractivity contribution in [1.29, 1.82) is 0 Å². The van der Waals surface area contributed by atoms with Crippen LogP contribution in [0.15, 0.2) is 30.6 Å². The highest BCUT2D eigenvalue weighted by molar-refractivity contribution is 6.52. The zero-order valence-electron chi connectivity index (χ0n) is 10.4. The Balaban J connectivity index is 2.05. The number of halogens is 3. The quantitative estimate of drug-likeness (QED) is 0.798. The summed E-state index contributed by atoms with van der Waals surface area (Å²) in [6.45, 7) is -0.231. The lowest BCUT2D eigenvalue weighted by Gasteiger charge is -2.16. The fourth-order valence-corrected chi connectivity index (χ4v) is 2.23. The van der Waals surface area contributed by atoms with E-state index in [4.69, 9.17) is 0 Å². The summed E-state index contributed by atoms with van der Waals surface area (Å²) in [6, 6.07) is 2.51. The molecule has 0 spiro atoms. The van der Waals surface area contributed by atoms with Gasteiger partial charge in [-0.3, -0.25) is 19.5 Å². The highest BCUT2D eigenvalue weighted by Crippen LogP contribution is 2.33. The first-order valence-corrected chi connectivity index (χ1v) is 5.92. The molecule has 0 radical (unpaired) electrons. The van der Waals surface area contributed by atoms with Crippen molar-refractivity contribution in [3.63, 3.8) is 0 Å². The second kappa shape index (κ2) is 4.69. The van der Waals surface area contributed by atoms with E-state index in [1.165, 1.54) is 6.20 Å². The van der Waals surface area contributed by atoms with Gasteiger partial charge in [0.25, 0.3) is 11.7 Å². The van der Waals surface area contributed by atoms with Gasteiger partial charge in [-0.1, -0.05) is 0 Å². The van der Waals surface area contributed by atoms with Crippen LogP contribution in [0.25, 0.3) is 0 Å². The van der Waals surface area contributed by atoms with Gasteiger partial charge in [0.15, 0.2) is 5.82 Å². The standard InChI is InChI=1S/C14H7F3N2O2/c15-8-2-10-12(11(17)3-8)19(14(21)13(10)20)6-7-1-9(16)5-18-4-7/h1-5H,6H2. The van der Waals surface area contributed by atoms with Gasteiger partial charge in [-0.05, 0) is 17.7 Å². The van der Waals surface area contributed by atoms with Crippen LogP contribution in [0.1, 0.15) is 15.9 Å². The molecule has 1 aliphatic rings. The summed E-state index contributed by atoms with van der Waals surface area (Å²) in [5.41, 5.74) is -0.342. The normalized spacial score (nSPS) is 13.8. The summed E-state index contributed by atoms with van der Waals surface area (Å²) < 4.78 is 40.1. The zero-order chi connectivity index (χ0) is 15.1. The van der Waals surface area contributed by atoms with Crippen molar-refractivity contribution < 1.29 is 22.8 Å². The maximum atomic E-state index is 13.9. The molecule has 0 saturated carbocycles. The molecule has 1 aliphatic heterocycles. The van der Waals surface area contributed by atoms with E-state index in [9.17, 15) is 22.8 Å². The van der Waals surface area contributed by atoms with Gasteiger partial charge < -0.3 is 0 Å². The molecule has 4 nitrogen and oxygen atoms in total. The van der Waals surface area contributed by atoms with Gasteiger partial charge in [-0.2, -0.15) is 0 Å². The third-order valence-electron chi connectivity index (χ3n) is 3.08. The third kappa shape index (κ3) is 2.16. The molecule has 0 aliphatic carbocycles. The molecule has 0 saturated heterocycles. The number of hydrogen-bond acceptors (Lipinski definition) is 3. The van der Waals surface area contributed by atoms with Crippen LogP contribution >= 0.6 is 0 Å². The Bertz CT molecular complexity index is 777. The summed E-state index contributed by atoms with van der Waals surface area (Å²) in [5.74, 6) is -4.56. The second-order valence-electron chi connectivity index (χ2n) is 4.52. The van der Waals surface area contributed by atoms with Crippen LogP contribution in [0.5, 0.6) is 0 Å². The molecule has 0 fully saturated rings. The van der Waals surface area contributed by atoms with Gasteiger partial charge in [0.1, 0.15) is 11.6 Å². The number of carbonyl (C=O) groups is 2. The van der Waals surface area contributed by atoms with Crippen molar-refractivity contribution >= 4 is 17.4 Å². The molecule has 3 rings (SSSR count). The van der Waals surface area contributed by atoms with Crippen molar-refractivity contribution in [3.8, 4) is 0 Å². The summed E-state index contributed by atoms with van der Waals surface area (Å²) in [7, 11) is 0. The number of aromatic nitrogens is 1. The number of nitrogens with zero attached hydrogens (tertiary/aromatic N) is 2. The molecule has 0 unspecified atom stereocenters. The smallest absolute Gasteiger partial charge is 0.297 e. The number of hydrogen-bond donors (Lipinski definition) is 0. The molecular formula is C14H7F3N2O2. The minimum Gasteiger partial charge on any atom is -0.297 e. The molecule has 1 aromatic carbocycles. The van der Waals surface area contributed by atoms with Crippen molar-refractivity contribution in [2.24, 2.45) is 0 Å². The zero-order valence-corrected chi connectivity index (χ0v) is 10.4. The fraction of sp³-hybridized carbons (Fsp3) is 0.0714. The Morgan fingerprint density at radius 2 is 1.76 bits per heavy atom. The largest absolute Gasteiger partial charge is 0.299 e. The van der Waals surface area contributed by atoms with Gasteiger partial charge in [-0.15, -0.1) is 0 Å². The average Bonchev–Trinajstić information content (AvgIpc) is 2.64. The average molecular weight is 292 g/mol. The number of pyridine rings is 1. The topological polar surface area (TPSA) is 50.3 Å². The first-order valence-electron chi connectivity index (χ1n) is 5.92. The Kier molecular flexibility index (Phi) is 2.97. The predicted octanol–water partition coefficient (Wildman–Crippen LogP) is 2.23. The van der Waals surface area contributed by atoms with Gasteiger partial charge >= 0.3 is 0 Å².